The van der Waals surface area contributed by atoms with Crippen molar-refractivity contribution in [3.63, 3.8) is 0 Å². The van der Waals surface area contributed by atoms with Gasteiger partial charge in [0.05, 0.1) is 22.0 Å². The minimum Gasteiger partial charge on any atom is -0.353 e. The summed E-state index contributed by atoms with van der Waals surface area (Å²) >= 11 is 6.68. The highest BCUT2D eigenvalue weighted by molar-refractivity contribution is 6.38. The fraction of sp³-hybridized carbons (Fsp3) is 0.261. The maximum Gasteiger partial charge on any atom is 0.273 e. The zero-order valence-electron chi connectivity index (χ0n) is 16.5. The molecule has 0 spiro atoms. The Labute approximate surface area is 178 Å². The van der Waals surface area contributed by atoms with E-state index in [1.54, 1.807) is 18.5 Å². The molecule has 5 rings (SSSR count). The first-order valence-corrected chi connectivity index (χ1v) is 10.6. The Balaban J connectivity index is 1.53. The third-order valence-electron chi connectivity index (χ3n) is 5.70. The van der Waals surface area contributed by atoms with Gasteiger partial charge in [-0.25, -0.2) is 5.10 Å². The Hall–Kier alpha value is -2.96. The van der Waals surface area contributed by atoms with Gasteiger partial charge in [0.15, 0.2) is 0 Å². The number of hydrogen-bond donors (Lipinski definition) is 2. The Morgan fingerprint density at radius 2 is 1.83 bits per heavy atom. The molecular weight excluding hydrogens is 398 g/mol. The van der Waals surface area contributed by atoms with Gasteiger partial charge in [-0.1, -0.05) is 30.2 Å². The van der Waals surface area contributed by atoms with Crippen LogP contribution in [-0.2, 0) is 6.54 Å². The van der Waals surface area contributed by atoms with Crippen LogP contribution in [-0.4, -0.2) is 38.2 Å². The van der Waals surface area contributed by atoms with Crippen LogP contribution in [0.1, 0.15) is 24.8 Å². The quantitative estimate of drug-likeness (QED) is 0.506. The van der Waals surface area contributed by atoms with E-state index in [1.165, 1.54) is 24.8 Å². The number of rotatable bonds is 4. The number of piperidine rings is 1. The van der Waals surface area contributed by atoms with E-state index in [1.807, 2.05) is 18.2 Å². The number of likely N-dealkylation sites (tertiary alicyclic amines) is 1. The molecular formula is C23H22ClN5O. The summed E-state index contributed by atoms with van der Waals surface area (Å²) in [5, 5.41) is 8.22. The van der Waals surface area contributed by atoms with Crippen LogP contribution in [0.2, 0.25) is 5.02 Å². The van der Waals surface area contributed by atoms with Crippen molar-refractivity contribution in [3.8, 4) is 22.5 Å². The van der Waals surface area contributed by atoms with E-state index < -0.39 is 0 Å². The van der Waals surface area contributed by atoms with Crippen molar-refractivity contribution in [2.75, 3.05) is 13.1 Å². The van der Waals surface area contributed by atoms with Crippen molar-refractivity contribution in [2.24, 2.45) is 0 Å². The fourth-order valence-electron chi connectivity index (χ4n) is 4.13. The van der Waals surface area contributed by atoms with Gasteiger partial charge < -0.3 is 4.98 Å². The lowest BCUT2D eigenvalue weighted by Gasteiger charge is -2.26. The molecule has 1 aliphatic rings. The maximum atomic E-state index is 12.5. The molecule has 0 amide bonds. The van der Waals surface area contributed by atoms with E-state index in [0.29, 0.717) is 22.0 Å². The number of nitrogens with zero attached hydrogens (tertiary/aromatic N) is 3. The molecule has 0 radical (unpaired) electrons. The van der Waals surface area contributed by atoms with E-state index in [9.17, 15) is 4.79 Å². The lowest BCUT2D eigenvalue weighted by molar-refractivity contribution is 0.221. The van der Waals surface area contributed by atoms with Gasteiger partial charge in [-0.2, -0.15) is 5.10 Å². The number of aromatic nitrogens is 4. The highest BCUT2D eigenvalue weighted by atomic mass is 35.5. The normalized spacial score (nSPS) is 15.0. The van der Waals surface area contributed by atoms with Crippen LogP contribution in [0.3, 0.4) is 0 Å². The third-order valence-corrected chi connectivity index (χ3v) is 6.10. The second-order valence-corrected chi connectivity index (χ2v) is 8.14. The maximum absolute atomic E-state index is 12.5. The highest BCUT2D eigenvalue weighted by Crippen LogP contribution is 2.34. The molecule has 3 aromatic heterocycles. The Kier molecular flexibility index (Phi) is 5.11. The minimum absolute atomic E-state index is 0.283. The molecule has 30 heavy (non-hydrogen) atoms. The van der Waals surface area contributed by atoms with Crippen LogP contribution in [0, 0.1) is 0 Å². The number of nitrogens with one attached hydrogen (secondary N) is 2. The lowest BCUT2D eigenvalue weighted by Crippen LogP contribution is -2.29. The van der Waals surface area contributed by atoms with E-state index in [2.05, 4.69) is 37.2 Å². The molecule has 0 bridgehead atoms. The predicted octanol–water partition coefficient (Wildman–Crippen LogP) is 4.62. The van der Waals surface area contributed by atoms with Gasteiger partial charge in [0, 0.05) is 35.4 Å². The van der Waals surface area contributed by atoms with Crippen molar-refractivity contribution < 1.29 is 0 Å². The summed E-state index contributed by atoms with van der Waals surface area (Å²) in [6.45, 7) is 3.24. The summed E-state index contributed by atoms with van der Waals surface area (Å²) in [6, 6.07) is 11.8. The number of H-pyrrole nitrogens is 2. The molecule has 1 saturated heterocycles. The highest BCUT2D eigenvalue weighted by Gasteiger charge is 2.17. The second kappa shape index (κ2) is 8.05. The summed E-state index contributed by atoms with van der Waals surface area (Å²) in [6.07, 6.45) is 7.26. The van der Waals surface area contributed by atoms with Crippen LogP contribution in [0.5, 0.6) is 0 Å². The molecule has 1 fully saturated rings. The molecule has 7 heteroatoms. The smallest absolute Gasteiger partial charge is 0.273 e. The first kappa shape index (κ1) is 19.0. The van der Waals surface area contributed by atoms with Crippen molar-refractivity contribution in [2.45, 2.75) is 25.8 Å². The molecule has 0 unspecified atom stereocenters. The van der Waals surface area contributed by atoms with Crippen LogP contribution < -0.4 is 5.56 Å². The fourth-order valence-corrected chi connectivity index (χ4v) is 4.45. The van der Waals surface area contributed by atoms with Gasteiger partial charge in [0.2, 0.25) is 0 Å². The van der Waals surface area contributed by atoms with E-state index in [0.717, 1.165) is 36.1 Å². The standard InChI is InChI=1S/C23H22ClN5O/c24-21-17-5-4-15(14-29-10-2-1-3-11-29)12-20(17)26-22(21)18-13-19(27-28-23(18)30)16-6-8-25-9-7-16/h4-9,12-13,26H,1-3,10-11,14H2,(H,28,30). The first-order valence-electron chi connectivity index (χ1n) is 10.2. The molecule has 4 aromatic rings. The Morgan fingerprint density at radius 1 is 1.03 bits per heavy atom. The summed E-state index contributed by atoms with van der Waals surface area (Å²) in [5.41, 5.74) is 4.51. The number of pyridine rings is 1. The van der Waals surface area contributed by atoms with Crippen molar-refractivity contribution in [1.82, 2.24) is 25.1 Å². The minimum atomic E-state index is -0.283. The average Bonchev–Trinajstić information content (AvgIpc) is 3.11. The number of aromatic amines is 2. The van der Waals surface area contributed by atoms with E-state index in [-0.39, 0.29) is 5.56 Å². The second-order valence-electron chi connectivity index (χ2n) is 7.76. The molecule has 0 saturated carbocycles. The van der Waals surface area contributed by atoms with Crippen LogP contribution in [0.15, 0.2) is 53.6 Å². The van der Waals surface area contributed by atoms with Crippen molar-refractivity contribution in [3.05, 3.63) is 69.7 Å². The van der Waals surface area contributed by atoms with Gasteiger partial charge in [0.1, 0.15) is 0 Å². The van der Waals surface area contributed by atoms with Crippen LogP contribution >= 0.6 is 11.6 Å². The van der Waals surface area contributed by atoms with E-state index >= 15 is 0 Å². The summed E-state index contributed by atoms with van der Waals surface area (Å²) in [5.74, 6) is 0. The molecule has 1 aliphatic heterocycles. The average molecular weight is 420 g/mol. The van der Waals surface area contributed by atoms with Gasteiger partial charge in [-0.3, -0.25) is 14.7 Å². The predicted molar refractivity (Wildman–Crippen MR) is 120 cm³/mol. The molecule has 152 valence electrons. The Morgan fingerprint density at radius 3 is 2.63 bits per heavy atom. The number of hydrogen-bond acceptors (Lipinski definition) is 4. The van der Waals surface area contributed by atoms with Gasteiger partial charge >= 0.3 is 0 Å². The molecule has 0 atom stereocenters. The van der Waals surface area contributed by atoms with Gasteiger partial charge in [0.25, 0.3) is 5.56 Å². The summed E-state index contributed by atoms with van der Waals surface area (Å²) in [7, 11) is 0. The SMILES string of the molecule is O=c1[nH]nc(-c2ccncc2)cc1-c1[nH]c2cc(CN3CCCCC3)ccc2c1Cl. The zero-order chi connectivity index (χ0) is 20.5. The molecule has 6 nitrogen and oxygen atoms in total. The first-order chi connectivity index (χ1) is 14.7. The monoisotopic (exact) mass is 419 g/mol. The molecule has 1 aromatic carbocycles. The number of benzene rings is 1. The molecule has 0 aliphatic carbocycles. The third kappa shape index (κ3) is 3.64. The van der Waals surface area contributed by atoms with Gasteiger partial charge in [-0.15, -0.1) is 0 Å². The summed E-state index contributed by atoms with van der Waals surface area (Å²) in [4.78, 5) is 22.4. The Bertz CT molecular complexity index is 1240. The van der Waals surface area contributed by atoms with Crippen molar-refractivity contribution in [1.29, 1.82) is 0 Å². The van der Waals surface area contributed by atoms with Crippen LogP contribution in [0.4, 0.5) is 0 Å². The molecule has 4 heterocycles. The summed E-state index contributed by atoms with van der Waals surface area (Å²) < 4.78 is 0. The van der Waals surface area contributed by atoms with E-state index in [4.69, 9.17) is 11.6 Å². The molecule has 2 N–H and O–H groups in total. The number of halogens is 1. The largest absolute Gasteiger partial charge is 0.353 e. The lowest BCUT2D eigenvalue weighted by atomic mass is 10.1. The van der Waals surface area contributed by atoms with Crippen molar-refractivity contribution >= 4 is 22.5 Å². The van der Waals surface area contributed by atoms with Crippen LogP contribution in [0.25, 0.3) is 33.4 Å². The number of fused-ring (bicyclic) bond motifs is 1. The van der Waals surface area contributed by atoms with Gasteiger partial charge in [-0.05, 0) is 55.8 Å². The topological polar surface area (TPSA) is 77.7 Å². The zero-order valence-corrected chi connectivity index (χ0v) is 17.2.